The highest BCUT2D eigenvalue weighted by Gasteiger charge is 2.08. The molecule has 0 aliphatic carbocycles. The Kier molecular flexibility index (Phi) is 6.42. The topological polar surface area (TPSA) is 67.4 Å². The van der Waals surface area contributed by atoms with Gasteiger partial charge < -0.3 is 15.4 Å². The standard InChI is InChI=1S/C19H21ClN2O3/c1-12(2)21-19(24)14-4-6-15(7-5-14)22-18(23)11-25-16-8-9-17(20)13(3)10-16/h4-10,12H,11H2,1-3H3,(H,21,24)(H,22,23). The van der Waals surface area contributed by atoms with Gasteiger partial charge in [-0.3, -0.25) is 9.59 Å². The highest BCUT2D eigenvalue weighted by Crippen LogP contribution is 2.21. The van der Waals surface area contributed by atoms with E-state index in [9.17, 15) is 9.59 Å². The molecule has 0 aliphatic rings. The van der Waals surface area contributed by atoms with E-state index in [2.05, 4.69) is 10.6 Å². The molecule has 2 rings (SSSR count). The van der Waals surface area contributed by atoms with Crippen LogP contribution in [0.15, 0.2) is 42.5 Å². The summed E-state index contributed by atoms with van der Waals surface area (Å²) in [5.74, 6) is 0.152. The van der Waals surface area contributed by atoms with Crippen LogP contribution in [0.1, 0.15) is 29.8 Å². The maximum atomic E-state index is 12.0. The molecule has 6 heteroatoms. The third-order valence-corrected chi connectivity index (χ3v) is 3.77. The Morgan fingerprint density at radius 3 is 2.40 bits per heavy atom. The van der Waals surface area contributed by atoms with Crippen molar-refractivity contribution in [1.29, 1.82) is 0 Å². The van der Waals surface area contributed by atoms with Gasteiger partial charge in [0.15, 0.2) is 6.61 Å². The molecule has 5 nitrogen and oxygen atoms in total. The van der Waals surface area contributed by atoms with Crippen LogP contribution in [0.5, 0.6) is 5.75 Å². The van der Waals surface area contributed by atoms with Crippen molar-refractivity contribution in [2.75, 3.05) is 11.9 Å². The highest BCUT2D eigenvalue weighted by molar-refractivity contribution is 6.31. The number of halogens is 1. The molecule has 0 bridgehead atoms. The number of hydrogen-bond donors (Lipinski definition) is 2. The predicted octanol–water partition coefficient (Wildman–Crippen LogP) is 3.80. The quantitative estimate of drug-likeness (QED) is 0.823. The normalized spacial score (nSPS) is 10.4. The van der Waals surface area contributed by atoms with Crippen LogP contribution >= 0.6 is 11.6 Å². The van der Waals surface area contributed by atoms with Crippen LogP contribution in [0, 0.1) is 6.92 Å². The van der Waals surface area contributed by atoms with Crippen molar-refractivity contribution in [2.45, 2.75) is 26.8 Å². The molecule has 2 aromatic carbocycles. The fourth-order valence-corrected chi connectivity index (χ4v) is 2.22. The first-order chi connectivity index (χ1) is 11.8. The Morgan fingerprint density at radius 1 is 1.12 bits per heavy atom. The summed E-state index contributed by atoms with van der Waals surface area (Å²) in [6.45, 7) is 5.55. The van der Waals surface area contributed by atoms with Gasteiger partial charge in [-0.05, 0) is 68.8 Å². The fourth-order valence-electron chi connectivity index (χ4n) is 2.10. The summed E-state index contributed by atoms with van der Waals surface area (Å²) < 4.78 is 5.45. The van der Waals surface area contributed by atoms with Crippen molar-refractivity contribution < 1.29 is 14.3 Å². The molecule has 0 fully saturated rings. The molecule has 0 aliphatic heterocycles. The minimum absolute atomic E-state index is 0.0699. The third kappa shape index (κ3) is 5.80. The minimum atomic E-state index is -0.285. The molecule has 2 N–H and O–H groups in total. The molecule has 2 amide bonds. The summed E-state index contributed by atoms with van der Waals surface area (Å²) in [6.07, 6.45) is 0. The Balaban J connectivity index is 1.87. The van der Waals surface area contributed by atoms with Crippen molar-refractivity contribution in [2.24, 2.45) is 0 Å². The molecule has 132 valence electrons. The maximum absolute atomic E-state index is 12.0. The number of ether oxygens (including phenoxy) is 1. The number of hydrogen-bond acceptors (Lipinski definition) is 3. The van der Waals surface area contributed by atoms with E-state index in [1.165, 1.54) is 0 Å². The van der Waals surface area contributed by atoms with Gasteiger partial charge in [-0.1, -0.05) is 11.6 Å². The lowest BCUT2D eigenvalue weighted by Crippen LogP contribution is -2.30. The van der Waals surface area contributed by atoms with Crippen LogP contribution in [0.2, 0.25) is 5.02 Å². The SMILES string of the molecule is Cc1cc(OCC(=O)Nc2ccc(C(=O)NC(C)C)cc2)ccc1Cl. The van der Waals surface area contributed by atoms with Gasteiger partial charge in [-0.2, -0.15) is 0 Å². The van der Waals surface area contributed by atoms with Gasteiger partial charge in [-0.15, -0.1) is 0 Å². The first kappa shape index (κ1) is 18.8. The van der Waals surface area contributed by atoms with Gasteiger partial charge in [-0.25, -0.2) is 0 Å². The van der Waals surface area contributed by atoms with Crippen LogP contribution in [0.3, 0.4) is 0 Å². The highest BCUT2D eigenvalue weighted by atomic mass is 35.5. The van der Waals surface area contributed by atoms with E-state index in [4.69, 9.17) is 16.3 Å². The number of benzene rings is 2. The van der Waals surface area contributed by atoms with Crippen molar-refractivity contribution >= 4 is 29.1 Å². The number of anilines is 1. The van der Waals surface area contributed by atoms with Gasteiger partial charge in [0.2, 0.25) is 0 Å². The van der Waals surface area contributed by atoms with Crippen molar-refractivity contribution in [3.63, 3.8) is 0 Å². The fraction of sp³-hybridized carbons (Fsp3) is 0.263. The first-order valence-electron chi connectivity index (χ1n) is 7.95. The van der Waals surface area contributed by atoms with Crippen LogP contribution in [0.25, 0.3) is 0 Å². The summed E-state index contributed by atoms with van der Waals surface area (Å²) >= 11 is 5.95. The summed E-state index contributed by atoms with van der Waals surface area (Å²) in [4.78, 5) is 23.8. The van der Waals surface area contributed by atoms with E-state index >= 15 is 0 Å². The van der Waals surface area contributed by atoms with Crippen LogP contribution in [-0.4, -0.2) is 24.5 Å². The smallest absolute Gasteiger partial charge is 0.262 e. The lowest BCUT2D eigenvalue weighted by atomic mass is 10.2. The van der Waals surface area contributed by atoms with E-state index in [1.54, 1.807) is 42.5 Å². The van der Waals surface area contributed by atoms with Crippen LogP contribution in [0.4, 0.5) is 5.69 Å². The number of aryl methyl sites for hydroxylation is 1. The van der Waals surface area contributed by atoms with E-state index in [0.29, 0.717) is 22.0 Å². The van der Waals surface area contributed by atoms with Gasteiger partial charge in [0.05, 0.1) is 0 Å². The molecule has 0 aromatic heterocycles. The Bertz CT molecular complexity index is 758. The molecule has 0 saturated heterocycles. The largest absolute Gasteiger partial charge is 0.484 e. The van der Waals surface area contributed by atoms with Gasteiger partial charge >= 0.3 is 0 Å². The zero-order valence-corrected chi connectivity index (χ0v) is 15.2. The lowest BCUT2D eigenvalue weighted by Gasteiger charge is -2.10. The Labute approximate surface area is 152 Å². The molecule has 0 spiro atoms. The average molecular weight is 361 g/mol. The second kappa shape index (κ2) is 8.53. The van der Waals surface area contributed by atoms with Crippen molar-refractivity contribution in [1.82, 2.24) is 5.32 Å². The number of nitrogens with one attached hydrogen (secondary N) is 2. The molecule has 25 heavy (non-hydrogen) atoms. The second-order valence-corrected chi connectivity index (χ2v) is 6.36. The summed E-state index contributed by atoms with van der Waals surface area (Å²) in [7, 11) is 0. The molecule has 0 radical (unpaired) electrons. The first-order valence-corrected chi connectivity index (χ1v) is 8.32. The van der Waals surface area contributed by atoms with Gasteiger partial charge in [0.1, 0.15) is 5.75 Å². The number of amides is 2. The lowest BCUT2D eigenvalue weighted by molar-refractivity contribution is -0.118. The third-order valence-electron chi connectivity index (χ3n) is 3.35. The number of rotatable bonds is 6. The van der Waals surface area contributed by atoms with Gasteiger partial charge in [0.25, 0.3) is 11.8 Å². The molecule has 0 saturated carbocycles. The summed E-state index contributed by atoms with van der Waals surface area (Å²) in [5, 5.41) is 6.19. The monoisotopic (exact) mass is 360 g/mol. The molecular formula is C19H21ClN2O3. The van der Waals surface area contributed by atoms with Gasteiger partial charge in [0, 0.05) is 22.3 Å². The summed E-state index contributed by atoms with van der Waals surface area (Å²) in [5.41, 5.74) is 2.02. The second-order valence-electron chi connectivity index (χ2n) is 5.95. The number of carbonyl (C=O) groups excluding carboxylic acids is 2. The molecular weight excluding hydrogens is 340 g/mol. The molecule has 2 aromatic rings. The molecule has 0 atom stereocenters. The molecule has 0 unspecified atom stereocenters. The summed E-state index contributed by atoms with van der Waals surface area (Å²) in [6, 6.07) is 12.0. The minimum Gasteiger partial charge on any atom is -0.484 e. The maximum Gasteiger partial charge on any atom is 0.262 e. The molecule has 0 heterocycles. The predicted molar refractivity (Wildman–Crippen MR) is 99.4 cm³/mol. The zero-order chi connectivity index (χ0) is 18.4. The number of carbonyl (C=O) groups is 2. The van der Waals surface area contributed by atoms with Crippen LogP contribution < -0.4 is 15.4 Å². The van der Waals surface area contributed by atoms with Crippen molar-refractivity contribution in [3.05, 3.63) is 58.6 Å². The van der Waals surface area contributed by atoms with Crippen molar-refractivity contribution in [3.8, 4) is 5.75 Å². The van der Waals surface area contributed by atoms with E-state index in [-0.39, 0.29) is 24.5 Å². The van der Waals surface area contributed by atoms with E-state index in [1.807, 2.05) is 20.8 Å². The Hall–Kier alpha value is -2.53. The average Bonchev–Trinajstić information content (AvgIpc) is 2.56. The zero-order valence-electron chi connectivity index (χ0n) is 14.4. The van der Waals surface area contributed by atoms with E-state index in [0.717, 1.165) is 5.56 Å². The Morgan fingerprint density at radius 2 is 1.80 bits per heavy atom. The van der Waals surface area contributed by atoms with E-state index < -0.39 is 0 Å². The van der Waals surface area contributed by atoms with Crippen LogP contribution in [-0.2, 0) is 4.79 Å².